The number of halogens is 2. The van der Waals surface area contributed by atoms with Crippen molar-refractivity contribution in [3.63, 3.8) is 0 Å². The third-order valence-corrected chi connectivity index (χ3v) is 6.35. The van der Waals surface area contributed by atoms with E-state index in [1.807, 2.05) is 6.07 Å². The van der Waals surface area contributed by atoms with Gasteiger partial charge in [0, 0.05) is 29.4 Å². The highest BCUT2D eigenvalue weighted by Gasteiger charge is 2.26. The fraction of sp³-hybridized carbons (Fsp3) is 0.280. The summed E-state index contributed by atoms with van der Waals surface area (Å²) in [7, 11) is 0. The summed E-state index contributed by atoms with van der Waals surface area (Å²) in [5.74, 6) is -0.951. The normalized spacial score (nSPS) is 18.6. The molecule has 4 rings (SSSR count). The van der Waals surface area contributed by atoms with E-state index in [0.29, 0.717) is 28.3 Å². The third-order valence-electron chi connectivity index (χ3n) is 6.12. The average molecular weight is 485 g/mol. The summed E-state index contributed by atoms with van der Waals surface area (Å²) in [4.78, 5) is 17.0. The maximum atomic E-state index is 15.0. The second kappa shape index (κ2) is 10.5. The van der Waals surface area contributed by atoms with E-state index in [2.05, 4.69) is 15.6 Å². The molecular weight excluding hydrogens is 459 g/mol. The molecule has 1 saturated heterocycles. The number of nitrogens with two attached hydrogens (primary N) is 1. The molecule has 6 N–H and O–H groups in total. The Morgan fingerprint density at radius 1 is 1.26 bits per heavy atom. The lowest BCUT2D eigenvalue weighted by molar-refractivity contribution is 0.0912. The van der Waals surface area contributed by atoms with Crippen molar-refractivity contribution < 1.29 is 19.4 Å². The number of aromatic nitrogens is 1. The minimum Gasteiger partial charge on any atom is -0.395 e. The molecule has 178 valence electrons. The number of nitrogen functional groups attached to an aromatic ring is 1. The number of aliphatic hydroxyl groups excluding tert-OH is 2. The Kier molecular flexibility index (Phi) is 7.43. The fourth-order valence-electron chi connectivity index (χ4n) is 4.22. The van der Waals surface area contributed by atoms with Crippen molar-refractivity contribution in [1.82, 2.24) is 15.6 Å². The molecule has 3 aromatic rings. The molecule has 3 atom stereocenters. The number of anilines is 1. The number of carbonyl (C=O) groups is 1. The fourth-order valence-corrected chi connectivity index (χ4v) is 4.42. The first-order chi connectivity index (χ1) is 16.4. The van der Waals surface area contributed by atoms with E-state index >= 15 is 0 Å². The summed E-state index contributed by atoms with van der Waals surface area (Å²) in [5.41, 5.74) is 8.55. The highest BCUT2D eigenvalue weighted by molar-refractivity contribution is 6.30. The number of amides is 1. The average Bonchev–Trinajstić information content (AvgIpc) is 3.32. The van der Waals surface area contributed by atoms with Gasteiger partial charge >= 0.3 is 0 Å². The van der Waals surface area contributed by atoms with E-state index in [9.17, 15) is 19.4 Å². The molecule has 0 aliphatic carbocycles. The molecule has 9 heteroatoms. The summed E-state index contributed by atoms with van der Waals surface area (Å²) < 4.78 is 15.0. The van der Waals surface area contributed by atoms with Gasteiger partial charge in [0.25, 0.3) is 5.91 Å². The molecule has 0 radical (unpaired) electrons. The largest absolute Gasteiger partial charge is 0.395 e. The smallest absolute Gasteiger partial charge is 0.254 e. The number of benzene rings is 2. The predicted octanol–water partition coefficient (Wildman–Crippen LogP) is 3.02. The zero-order valence-corrected chi connectivity index (χ0v) is 19.1. The standard InChI is InChI=1S/C25H26ClFN4O3/c26-18-3-1-2-15(6-18)23(13-33)31-25(34)20-5-4-14(9-22(20)27)21-8-17(11-30-24(21)28)16-7-19(12-32)29-10-16/h1-6,8-9,11,16,19,23,29,32-33H,7,10,12-13H2,(H2,28,30)(H,31,34)/t16-,19-,23+/m0/s1. The number of pyridine rings is 1. The molecule has 34 heavy (non-hydrogen) atoms. The van der Waals surface area contributed by atoms with Gasteiger partial charge in [-0.05, 0) is 59.4 Å². The number of aliphatic hydroxyl groups is 2. The molecule has 1 amide bonds. The van der Waals surface area contributed by atoms with Crippen molar-refractivity contribution in [3.05, 3.63) is 82.3 Å². The number of hydrogen-bond donors (Lipinski definition) is 5. The zero-order chi connectivity index (χ0) is 24.2. The van der Waals surface area contributed by atoms with Crippen LogP contribution in [0.4, 0.5) is 10.2 Å². The molecule has 0 spiro atoms. The van der Waals surface area contributed by atoms with Crippen LogP contribution in [0.15, 0.2) is 54.7 Å². The van der Waals surface area contributed by atoms with Crippen molar-refractivity contribution in [1.29, 1.82) is 0 Å². The van der Waals surface area contributed by atoms with E-state index in [4.69, 9.17) is 17.3 Å². The number of nitrogens with one attached hydrogen (secondary N) is 2. The summed E-state index contributed by atoms with van der Waals surface area (Å²) in [6.45, 7) is 0.408. The van der Waals surface area contributed by atoms with Crippen LogP contribution < -0.4 is 16.4 Å². The quantitative estimate of drug-likeness (QED) is 0.351. The van der Waals surface area contributed by atoms with Gasteiger partial charge in [-0.3, -0.25) is 4.79 Å². The topological polar surface area (TPSA) is 121 Å². The van der Waals surface area contributed by atoms with E-state index in [-0.39, 0.29) is 36.6 Å². The second-order valence-corrected chi connectivity index (χ2v) is 8.82. The van der Waals surface area contributed by atoms with Gasteiger partial charge < -0.3 is 26.6 Å². The van der Waals surface area contributed by atoms with Crippen LogP contribution in [0.1, 0.15) is 39.9 Å². The van der Waals surface area contributed by atoms with Gasteiger partial charge in [0.2, 0.25) is 0 Å². The van der Waals surface area contributed by atoms with Gasteiger partial charge in [0.1, 0.15) is 11.6 Å². The Morgan fingerprint density at radius 3 is 2.76 bits per heavy atom. The molecule has 0 bridgehead atoms. The maximum Gasteiger partial charge on any atom is 0.254 e. The van der Waals surface area contributed by atoms with E-state index in [1.165, 1.54) is 12.1 Å². The Hall–Kier alpha value is -3.04. The van der Waals surface area contributed by atoms with Crippen LogP contribution in [0, 0.1) is 5.82 Å². The molecule has 2 heterocycles. The number of hydrogen-bond acceptors (Lipinski definition) is 6. The van der Waals surface area contributed by atoms with Gasteiger partial charge in [-0.15, -0.1) is 0 Å². The SMILES string of the molecule is Nc1ncc([C@@H]2CN[C@H](CO)C2)cc1-c1ccc(C(=O)N[C@H](CO)c2cccc(Cl)c2)c(F)c1. The van der Waals surface area contributed by atoms with E-state index in [0.717, 1.165) is 12.0 Å². The molecule has 7 nitrogen and oxygen atoms in total. The highest BCUT2D eigenvalue weighted by atomic mass is 35.5. The third kappa shape index (κ3) is 5.20. The van der Waals surface area contributed by atoms with Crippen LogP contribution in [-0.2, 0) is 0 Å². The van der Waals surface area contributed by atoms with Gasteiger partial charge in [0.15, 0.2) is 0 Å². The molecule has 1 fully saturated rings. The van der Waals surface area contributed by atoms with Crippen molar-refractivity contribution in [2.24, 2.45) is 0 Å². The van der Waals surface area contributed by atoms with Gasteiger partial charge in [0.05, 0.1) is 24.8 Å². The van der Waals surface area contributed by atoms with Gasteiger partial charge in [-0.2, -0.15) is 0 Å². The first kappa shape index (κ1) is 24.1. The molecule has 1 aliphatic heterocycles. The second-order valence-electron chi connectivity index (χ2n) is 8.38. The molecule has 1 aliphatic rings. The van der Waals surface area contributed by atoms with Crippen molar-refractivity contribution in [3.8, 4) is 11.1 Å². The molecule has 0 unspecified atom stereocenters. The van der Waals surface area contributed by atoms with Crippen LogP contribution in [0.3, 0.4) is 0 Å². The lowest BCUT2D eigenvalue weighted by atomic mass is 9.94. The van der Waals surface area contributed by atoms with Crippen LogP contribution in [0.5, 0.6) is 0 Å². The first-order valence-electron chi connectivity index (χ1n) is 11.0. The van der Waals surface area contributed by atoms with Crippen LogP contribution in [0.25, 0.3) is 11.1 Å². The number of rotatable bonds is 7. The molecule has 1 aromatic heterocycles. The van der Waals surface area contributed by atoms with Gasteiger partial charge in [-0.25, -0.2) is 9.37 Å². The van der Waals surface area contributed by atoms with Crippen LogP contribution in [-0.4, -0.2) is 46.9 Å². The lowest BCUT2D eigenvalue weighted by Crippen LogP contribution is -2.31. The van der Waals surface area contributed by atoms with Crippen LogP contribution in [0.2, 0.25) is 5.02 Å². The van der Waals surface area contributed by atoms with Crippen molar-refractivity contribution in [2.75, 3.05) is 25.5 Å². The number of nitrogens with zero attached hydrogens (tertiary/aromatic N) is 1. The van der Waals surface area contributed by atoms with Crippen molar-refractivity contribution >= 4 is 23.3 Å². The highest BCUT2D eigenvalue weighted by Crippen LogP contribution is 2.32. The molecule has 0 saturated carbocycles. The number of carbonyl (C=O) groups excluding carboxylic acids is 1. The van der Waals surface area contributed by atoms with Crippen LogP contribution >= 0.6 is 11.6 Å². The predicted molar refractivity (Wildman–Crippen MR) is 129 cm³/mol. The van der Waals surface area contributed by atoms with E-state index in [1.54, 1.807) is 36.5 Å². The summed E-state index contributed by atoms with van der Waals surface area (Å²) >= 11 is 6.00. The van der Waals surface area contributed by atoms with E-state index < -0.39 is 17.8 Å². The minimum atomic E-state index is -0.732. The monoisotopic (exact) mass is 484 g/mol. The summed E-state index contributed by atoms with van der Waals surface area (Å²) in [6, 6.07) is 12.2. The zero-order valence-electron chi connectivity index (χ0n) is 18.3. The Bertz CT molecular complexity index is 1190. The summed E-state index contributed by atoms with van der Waals surface area (Å²) in [6.07, 6.45) is 2.47. The van der Waals surface area contributed by atoms with Gasteiger partial charge in [-0.1, -0.05) is 29.8 Å². The van der Waals surface area contributed by atoms with Crippen molar-refractivity contribution in [2.45, 2.75) is 24.4 Å². The lowest BCUT2D eigenvalue weighted by Gasteiger charge is -2.18. The molecule has 2 aromatic carbocycles. The first-order valence-corrected chi connectivity index (χ1v) is 11.3. The Labute approximate surface area is 201 Å². The minimum absolute atomic E-state index is 0.0379. The maximum absolute atomic E-state index is 15.0. The Balaban J connectivity index is 1.55. The summed E-state index contributed by atoms with van der Waals surface area (Å²) in [5, 5.41) is 25.4. The Morgan fingerprint density at radius 2 is 2.09 bits per heavy atom. The molecular formula is C25H26ClFN4O3.